The van der Waals surface area contributed by atoms with Gasteiger partial charge in [0.05, 0.1) is 11.4 Å². The molecule has 2 aromatic rings. The van der Waals surface area contributed by atoms with E-state index in [0.717, 1.165) is 46.9 Å². The smallest absolute Gasteiger partial charge is 0.241 e. The fraction of sp³-hybridized carbons (Fsp3) is 0.647. The topological polar surface area (TPSA) is 42.2 Å². The number of nitrogens with zero attached hydrogens (tertiary/aromatic N) is 3. The van der Waals surface area contributed by atoms with Crippen LogP contribution in [0.25, 0.3) is 10.7 Å². The standard InChI is InChI=1S/C17H21N3OS/c1-2-15(22-3-1)17-18-16(21-19-17)10-20-9-13-5-11-4-12(6-13)8-14(20)7-11/h1-3,11-14H,4-10H2/t11-,12+,13?,14?. The third-order valence-electron chi connectivity index (χ3n) is 5.77. The van der Waals surface area contributed by atoms with Gasteiger partial charge in [0.25, 0.3) is 0 Å². The molecule has 2 unspecified atom stereocenters. The Balaban J connectivity index is 1.35. The Morgan fingerprint density at radius 1 is 1.14 bits per heavy atom. The highest BCUT2D eigenvalue weighted by molar-refractivity contribution is 7.13. The van der Waals surface area contributed by atoms with Crippen LogP contribution in [0.15, 0.2) is 22.0 Å². The average Bonchev–Trinajstić information content (AvgIpc) is 3.13. The van der Waals surface area contributed by atoms with Gasteiger partial charge in [-0.05, 0) is 61.3 Å². The maximum atomic E-state index is 5.52. The second-order valence-electron chi connectivity index (χ2n) is 7.35. The normalized spacial score (nSPS) is 34.2. The molecule has 6 rings (SSSR count). The molecule has 4 fully saturated rings. The molecule has 4 heterocycles. The Labute approximate surface area is 134 Å². The van der Waals surface area contributed by atoms with Crippen LogP contribution < -0.4 is 0 Å². The molecule has 2 saturated heterocycles. The van der Waals surface area contributed by atoms with Gasteiger partial charge in [-0.15, -0.1) is 11.3 Å². The van der Waals surface area contributed by atoms with Crippen molar-refractivity contribution in [2.75, 3.05) is 6.54 Å². The van der Waals surface area contributed by atoms with Crippen LogP contribution in [0, 0.1) is 17.8 Å². The zero-order valence-corrected chi connectivity index (χ0v) is 13.5. The number of thiophene rings is 1. The summed E-state index contributed by atoms with van der Waals surface area (Å²) in [6.07, 6.45) is 7.17. The van der Waals surface area contributed by atoms with Crippen LogP contribution in [0.5, 0.6) is 0 Å². The second-order valence-corrected chi connectivity index (χ2v) is 8.30. The summed E-state index contributed by atoms with van der Waals surface area (Å²) in [7, 11) is 0. The molecule has 4 bridgehead atoms. The van der Waals surface area contributed by atoms with Crippen LogP contribution in [0.4, 0.5) is 0 Å². The molecular formula is C17H21N3OS. The molecule has 2 aromatic heterocycles. The Morgan fingerprint density at radius 2 is 1.95 bits per heavy atom. The van der Waals surface area contributed by atoms with Gasteiger partial charge in [-0.2, -0.15) is 4.98 Å². The first kappa shape index (κ1) is 13.3. The summed E-state index contributed by atoms with van der Waals surface area (Å²) in [5.74, 6) is 4.39. The van der Waals surface area contributed by atoms with Crippen molar-refractivity contribution >= 4 is 11.3 Å². The zero-order valence-electron chi connectivity index (χ0n) is 12.6. The molecule has 2 aliphatic carbocycles. The van der Waals surface area contributed by atoms with Crippen molar-refractivity contribution in [3.05, 3.63) is 23.4 Å². The lowest BCUT2D eigenvalue weighted by Gasteiger charge is -2.38. The summed E-state index contributed by atoms with van der Waals surface area (Å²) in [6.45, 7) is 2.06. The van der Waals surface area contributed by atoms with Crippen molar-refractivity contribution in [1.29, 1.82) is 0 Å². The van der Waals surface area contributed by atoms with Gasteiger partial charge in [-0.25, -0.2) is 0 Å². The Kier molecular flexibility index (Phi) is 3.11. The van der Waals surface area contributed by atoms with Gasteiger partial charge < -0.3 is 4.52 Å². The van der Waals surface area contributed by atoms with E-state index in [4.69, 9.17) is 4.52 Å². The van der Waals surface area contributed by atoms with Crippen molar-refractivity contribution < 1.29 is 4.52 Å². The molecule has 2 aliphatic heterocycles. The van der Waals surface area contributed by atoms with E-state index in [2.05, 4.69) is 20.4 Å². The maximum absolute atomic E-state index is 5.52. The SMILES string of the molecule is c1csc(-c2noc(CN3CC4C[C@@H]5CC3C[C@H](C4)C5)n2)c1. The van der Waals surface area contributed by atoms with Crippen LogP contribution in [0.2, 0.25) is 0 Å². The van der Waals surface area contributed by atoms with Gasteiger partial charge in [-0.3, -0.25) is 4.90 Å². The third-order valence-corrected chi connectivity index (χ3v) is 6.63. The van der Waals surface area contributed by atoms with E-state index in [1.807, 2.05) is 12.1 Å². The van der Waals surface area contributed by atoms with Crippen LogP contribution in [-0.2, 0) is 6.54 Å². The van der Waals surface area contributed by atoms with Gasteiger partial charge in [0.1, 0.15) is 0 Å². The van der Waals surface area contributed by atoms with Gasteiger partial charge in [0.2, 0.25) is 11.7 Å². The minimum absolute atomic E-state index is 0.741. The van der Waals surface area contributed by atoms with Crippen molar-refractivity contribution in [3.8, 4) is 10.7 Å². The van der Waals surface area contributed by atoms with Crippen molar-refractivity contribution in [1.82, 2.24) is 15.0 Å². The maximum Gasteiger partial charge on any atom is 0.241 e. The van der Waals surface area contributed by atoms with Crippen molar-refractivity contribution in [2.24, 2.45) is 17.8 Å². The lowest BCUT2D eigenvalue weighted by atomic mass is 9.68. The summed E-state index contributed by atoms with van der Waals surface area (Å²) in [6, 6.07) is 4.82. The Bertz CT molecular complexity index is 639. The van der Waals surface area contributed by atoms with E-state index >= 15 is 0 Å². The lowest BCUT2D eigenvalue weighted by molar-refractivity contribution is 0.114. The molecule has 2 saturated carbocycles. The minimum Gasteiger partial charge on any atom is -0.338 e. The molecule has 0 N–H and O–H groups in total. The van der Waals surface area contributed by atoms with Crippen molar-refractivity contribution in [3.63, 3.8) is 0 Å². The lowest BCUT2D eigenvalue weighted by Crippen LogP contribution is -2.37. The molecule has 0 spiro atoms. The quantitative estimate of drug-likeness (QED) is 0.864. The molecule has 4 aliphatic rings. The monoisotopic (exact) mass is 315 g/mol. The predicted molar refractivity (Wildman–Crippen MR) is 85.4 cm³/mol. The van der Waals surface area contributed by atoms with Crippen LogP contribution in [-0.4, -0.2) is 27.6 Å². The summed E-state index contributed by atoms with van der Waals surface area (Å²) in [5, 5.41) is 6.21. The molecule has 4 nitrogen and oxygen atoms in total. The van der Waals surface area contributed by atoms with Gasteiger partial charge >= 0.3 is 0 Å². The number of fused-ring (bicyclic) bond motifs is 1. The third kappa shape index (κ3) is 2.31. The highest BCUT2D eigenvalue weighted by atomic mass is 32.1. The summed E-state index contributed by atoms with van der Waals surface area (Å²) < 4.78 is 5.52. The molecular weight excluding hydrogens is 294 g/mol. The van der Waals surface area contributed by atoms with E-state index in [0.29, 0.717) is 0 Å². The van der Waals surface area contributed by atoms with E-state index in [1.165, 1.54) is 38.6 Å². The van der Waals surface area contributed by atoms with Gasteiger partial charge in [0.15, 0.2) is 0 Å². The molecule has 22 heavy (non-hydrogen) atoms. The molecule has 0 aromatic carbocycles. The van der Waals surface area contributed by atoms with E-state index in [9.17, 15) is 0 Å². The first-order chi connectivity index (χ1) is 10.8. The fourth-order valence-electron chi connectivity index (χ4n) is 5.07. The number of hydrogen-bond acceptors (Lipinski definition) is 5. The zero-order chi connectivity index (χ0) is 14.5. The molecule has 116 valence electrons. The highest BCUT2D eigenvalue weighted by Crippen LogP contribution is 2.47. The number of aromatic nitrogens is 2. The van der Waals surface area contributed by atoms with E-state index in [-0.39, 0.29) is 0 Å². The van der Waals surface area contributed by atoms with E-state index in [1.54, 1.807) is 11.3 Å². The largest absolute Gasteiger partial charge is 0.338 e. The molecule has 5 heteroatoms. The molecule has 0 radical (unpaired) electrons. The van der Waals surface area contributed by atoms with Gasteiger partial charge in [0, 0.05) is 12.6 Å². The Hall–Kier alpha value is -1.20. The number of rotatable bonds is 3. The van der Waals surface area contributed by atoms with Crippen molar-refractivity contribution in [2.45, 2.75) is 44.7 Å². The minimum atomic E-state index is 0.741. The van der Waals surface area contributed by atoms with Gasteiger partial charge in [-0.1, -0.05) is 11.2 Å². The summed E-state index contributed by atoms with van der Waals surface area (Å²) in [4.78, 5) is 8.34. The first-order valence-corrected chi connectivity index (χ1v) is 9.32. The second kappa shape index (κ2) is 5.17. The predicted octanol–water partition coefficient (Wildman–Crippen LogP) is 3.81. The Morgan fingerprint density at radius 3 is 2.73 bits per heavy atom. The van der Waals surface area contributed by atoms with Crippen LogP contribution in [0.3, 0.4) is 0 Å². The van der Waals surface area contributed by atoms with Crippen LogP contribution >= 0.6 is 11.3 Å². The summed E-state index contributed by atoms with van der Waals surface area (Å²) >= 11 is 1.66. The first-order valence-electron chi connectivity index (χ1n) is 8.44. The van der Waals surface area contributed by atoms with E-state index < -0.39 is 0 Å². The number of hydrogen-bond donors (Lipinski definition) is 0. The fourth-order valence-corrected chi connectivity index (χ4v) is 5.72. The average molecular weight is 315 g/mol. The molecule has 4 atom stereocenters. The summed E-state index contributed by atoms with van der Waals surface area (Å²) in [5.41, 5.74) is 0. The molecule has 0 amide bonds. The van der Waals surface area contributed by atoms with Crippen LogP contribution in [0.1, 0.15) is 38.0 Å². The highest BCUT2D eigenvalue weighted by Gasteiger charge is 2.42.